The van der Waals surface area contributed by atoms with Crippen LogP contribution in [0.5, 0.6) is 0 Å². The fourth-order valence-electron chi connectivity index (χ4n) is 1.45. The molecule has 16 heavy (non-hydrogen) atoms. The molecule has 0 aliphatic carbocycles. The maximum Gasteiger partial charge on any atom is 0.173 e. The van der Waals surface area contributed by atoms with Crippen LogP contribution in [0.15, 0.2) is 16.9 Å². The van der Waals surface area contributed by atoms with Crippen molar-refractivity contribution in [2.24, 2.45) is 5.84 Å². The van der Waals surface area contributed by atoms with Gasteiger partial charge < -0.3 is 5.43 Å². The molecular weight excluding hydrogens is 272 g/mol. The molecule has 2 rings (SSSR count). The average molecular weight is 283 g/mol. The van der Waals surface area contributed by atoms with Crippen molar-refractivity contribution in [1.82, 2.24) is 19.7 Å². The summed E-state index contributed by atoms with van der Waals surface area (Å²) < 4.78 is 2.42. The van der Waals surface area contributed by atoms with Gasteiger partial charge in [0.2, 0.25) is 0 Å². The highest BCUT2D eigenvalue weighted by atomic mass is 79.9. The van der Waals surface area contributed by atoms with E-state index in [1.54, 1.807) is 4.68 Å². The summed E-state index contributed by atoms with van der Waals surface area (Å²) in [6.07, 6.45) is 1.44. The molecule has 0 aliphatic rings. The molecule has 7 heteroatoms. The topological polar surface area (TPSA) is 81.7 Å². The number of hydrazine groups is 1. The normalized spacial score (nSPS) is 10.5. The molecule has 84 valence electrons. The van der Waals surface area contributed by atoms with E-state index < -0.39 is 0 Å². The minimum Gasteiger partial charge on any atom is -0.307 e. The molecule has 0 unspecified atom stereocenters. The number of nitrogens with one attached hydrogen (secondary N) is 1. The molecule has 6 nitrogen and oxygen atoms in total. The van der Waals surface area contributed by atoms with E-state index in [1.807, 2.05) is 19.9 Å². The molecule has 0 fully saturated rings. The second-order valence-electron chi connectivity index (χ2n) is 3.34. The summed E-state index contributed by atoms with van der Waals surface area (Å²) in [6.45, 7) is 3.89. The largest absolute Gasteiger partial charge is 0.307 e. The Balaban J connectivity index is 2.60. The van der Waals surface area contributed by atoms with Crippen LogP contribution in [-0.4, -0.2) is 19.7 Å². The van der Waals surface area contributed by atoms with Crippen LogP contribution >= 0.6 is 15.9 Å². The van der Waals surface area contributed by atoms with E-state index in [-0.39, 0.29) is 0 Å². The first-order valence-electron chi connectivity index (χ1n) is 4.64. The zero-order valence-electron chi connectivity index (χ0n) is 8.90. The van der Waals surface area contributed by atoms with E-state index in [9.17, 15) is 0 Å². The molecule has 0 atom stereocenters. The van der Waals surface area contributed by atoms with Gasteiger partial charge in [-0.05, 0) is 35.8 Å². The summed E-state index contributed by atoms with van der Waals surface area (Å²) in [4.78, 5) is 8.16. The monoisotopic (exact) mass is 282 g/mol. The fraction of sp³-hybridized carbons (Fsp3) is 0.222. The van der Waals surface area contributed by atoms with Gasteiger partial charge in [0.25, 0.3) is 0 Å². The second kappa shape index (κ2) is 4.18. The molecule has 2 aromatic heterocycles. The van der Waals surface area contributed by atoms with Crippen LogP contribution in [0.3, 0.4) is 0 Å². The minimum absolute atomic E-state index is 0.526. The van der Waals surface area contributed by atoms with Gasteiger partial charge in [0.1, 0.15) is 10.8 Å². The highest BCUT2D eigenvalue weighted by molar-refractivity contribution is 9.10. The number of nitrogens with zero attached hydrogens (tertiary/aromatic N) is 4. The van der Waals surface area contributed by atoms with Crippen molar-refractivity contribution in [3.05, 3.63) is 28.3 Å². The molecule has 3 N–H and O–H groups in total. The second-order valence-corrected chi connectivity index (χ2v) is 4.14. The Labute approximate surface area is 101 Å². The van der Waals surface area contributed by atoms with Crippen molar-refractivity contribution in [3.8, 4) is 5.82 Å². The van der Waals surface area contributed by atoms with Gasteiger partial charge in [-0.2, -0.15) is 5.10 Å². The third-order valence-corrected chi connectivity index (χ3v) is 2.85. The van der Waals surface area contributed by atoms with Gasteiger partial charge in [-0.25, -0.2) is 20.5 Å². The zero-order chi connectivity index (χ0) is 11.7. The molecule has 0 aromatic carbocycles. The van der Waals surface area contributed by atoms with E-state index in [4.69, 9.17) is 5.84 Å². The third kappa shape index (κ3) is 1.79. The van der Waals surface area contributed by atoms with E-state index in [0.717, 1.165) is 11.4 Å². The van der Waals surface area contributed by atoms with E-state index >= 15 is 0 Å². The van der Waals surface area contributed by atoms with Crippen molar-refractivity contribution < 1.29 is 0 Å². The number of aromatic nitrogens is 4. The van der Waals surface area contributed by atoms with Crippen molar-refractivity contribution in [1.29, 1.82) is 0 Å². The molecule has 0 saturated carbocycles. The minimum atomic E-state index is 0.526. The fourth-order valence-corrected chi connectivity index (χ4v) is 1.94. The molecule has 0 bridgehead atoms. The zero-order valence-corrected chi connectivity index (χ0v) is 10.5. The number of aryl methyl sites for hydroxylation is 2. The van der Waals surface area contributed by atoms with Gasteiger partial charge in [-0.1, -0.05) is 0 Å². The highest BCUT2D eigenvalue weighted by Gasteiger charge is 2.12. The van der Waals surface area contributed by atoms with Gasteiger partial charge in [-0.15, -0.1) is 0 Å². The first-order chi connectivity index (χ1) is 7.63. The lowest BCUT2D eigenvalue weighted by molar-refractivity contribution is 0.796. The SMILES string of the molecule is Cc1cc(C)n(-c2ncnc(NN)c2Br)n1. The summed E-state index contributed by atoms with van der Waals surface area (Å²) in [5.41, 5.74) is 4.43. The smallest absolute Gasteiger partial charge is 0.173 e. The quantitative estimate of drug-likeness (QED) is 0.642. The molecule has 0 amide bonds. The van der Waals surface area contributed by atoms with Crippen molar-refractivity contribution in [2.45, 2.75) is 13.8 Å². The Bertz CT molecular complexity index is 521. The molecule has 2 aromatic rings. The summed E-state index contributed by atoms with van der Waals surface area (Å²) in [6, 6.07) is 1.98. The maximum absolute atomic E-state index is 5.34. The molecule has 0 radical (unpaired) electrons. The first kappa shape index (κ1) is 11.0. The van der Waals surface area contributed by atoms with Crippen molar-refractivity contribution in [2.75, 3.05) is 5.43 Å². The van der Waals surface area contributed by atoms with Crippen molar-refractivity contribution in [3.63, 3.8) is 0 Å². The number of anilines is 1. The van der Waals surface area contributed by atoms with Gasteiger partial charge in [0.05, 0.1) is 5.69 Å². The number of halogens is 1. The Hall–Kier alpha value is -1.47. The molecule has 0 aliphatic heterocycles. The summed E-state index contributed by atoms with van der Waals surface area (Å²) in [5.74, 6) is 6.53. The Morgan fingerprint density at radius 2 is 2.12 bits per heavy atom. The standard InChI is InChI=1S/C9H11BrN6/c1-5-3-6(2)16(15-5)9-7(10)8(14-11)12-4-13-9/h3-4H,11H2,1-2H3,(H,12,13,14). The van der Waals surface area contributed by atoms with E-state index in [1.165, 1.54) is 6.33 Å². The van der Waals surface area contributed by atoms with Crippen LogP contribution in [0.1, 0.15) is 11.4 Å². The van der Waals surface area contributed by atoms with Gasteiger partial charge >= 0.3 is 0 Å². The third-order valence-electron chi connectivity index (χ3n) is 2.12. The number of rotatable bonds is 2. The van der Waals surface area contributed by atoms with E-state index in [2.05, 4.69) is 36.4 Å². The first-order valence-corrected chi connectivity index (χ1v) is 5.43. The summed E-state index contributed by atoms with van der Waals surface area (Å²) >= 11 is 3.39. The average Bonchev–Trinajstić information content (AvgIpc) is 2.58. The Morgan fingerprint density at radius 3 is 2.69 bits per heavy atom. The van der Waals surface area contributed by atoms with Crippen LogP contribution in [0.2, 0.25) is 0 Å². The summed E-state index contributed by atoms with van der Waals surface area (Å²) in [7, 11) is 0. The maximum atomic E-state index is 5.34. The van der Waals surface area contributed by atoms with Gasteiger partial charge in [0.15, 0.2) is 11.6 Å². The molecular formula is C9H11BrN6. The van der Waals surface area contributed by atoms with Gasteiger partial charge in [0, 0.05) is 5.69 Å². The van der Waals surface area contributed by atoms with Crippen LogP contribution < -0.4 is 11.3 Å². The predicted molar refractivity (Wildman–Crippen MR) is 64.1 cm³/mol. The Kier molecular flexibility index (Phi) is 2.88. The predicted octanol–water partition coefficient (Wildman–Crippen LogP) is 1.33. The number of nitrogen functional groups attached to an aromatic ring is 1. The number of hydrogen-bond donors (Lipinski definition) is 2. The van der Waals surface area contributed by atoms with Crippen LogP contribution in [0.25, 0.3) is 5.82 Å². The molecule has 2 heterocycles. The van der Waals surface area contributed by atoms with Crippen molar-refractivity contribution >= 4 is 21.7 Å². The van der Waals surface area contributed by atoms with Gasteiger partial charge in [-0.3, -0.25) is 0 Å². The highest BCUT2D eigenvalue weighted by Crippen LogP contribution is 2.25. The number of nitrogens with two attached hydrogens (primary N) is 1. The Morgan fingerprint density at radius 1 is 1.38 bits per heavy atom. The molecule has 0 saturated heterocycles. The molecule has 0 spiro atoms. The lowest BCUT2D eigenvalue weighted by Crippen LogP contribution is -2.12. The number of hydrogen-bond acceptors (Lipinski definition) is 5. The van der Waals surface area contributed by atoms with Crippen LogP contribution in [-0.2, 0) is 0 Å². The van der Waals surface area contributed by atoms with E-state index in [0.29, 0.717) is 16.1 Å². The van der Waals surface area contributed by atoms with Crippen LogP contribution in [0.4, 0.5) is 5.82 Å². The van der Waals surface area contributed by atoms with Crippen LogP contribution in [0, 0.1) is 13.8 Å². The summed E-state index contributed by atoms with van der Waals surface area (Å²) in [5, 5.41) is 4.34. The lowest BCUT2D eigenvalue weighted by atomic mass is 10.4. The lowest BCUT2D eigenvalue weighted by Gasteiger charge is -2.08.